The van der Waals surface area contributed by atoms with Crippen molar-refractivity contribution in [3.63, 3.8) is 0 Å². The number of fused-ring (bicyclic) bond motifs is 2. The lowest BCUT2D eigenvalue weighted by molar-refractivity contribution is 0.265. The highest BCUT2D eigenvalue weighted by Gasteiger charge is 2.45. The van der Waals surface area contributed by atoms with E-state index in [0.717, 1.165) is 12.3 Å². The van der Waals surface area contributed by atoms with E-state index in [4.69, 9.17) is 0 Å². The van der Waals surface area contributed by atoms with Gasteiger partial charge in [0.25, 0.3) is 0 Å². The van der Waals surface area contributed by atoms with Gasteiger partial charge in [-0.15, -0.1) is 0 Å². The summed E-state index contributed by atoms with van der Waals surface area (Å²) in [5, 5.41) is 0. The maximum absolute atomic E-state index is 2.48. The predicted octanol–water partition coefficient (Wildman–Crippen LogP) is 6.75. The second-order valence-corrected chi connectivity index (χ2v) is 8.90. The van der Waals surface area contributed by atoms with Crippen molar-refractivity contribution in [3.05, 3.63) is 39.0 Å². The van der Waals surface area contributed by atoms with Crippen molar-refractivity contribution >= 4 is 5.57 Å². The fourth-order valence-corrected chi connectivity index (χ4v) is 5.98. The third-order valence-electron chi connectivity index (χ3n) is 7.17. The molecular formula is C23H34. The Morgan fingerprint density at radius 1 is 0.957 bits per heavy atom. The third kappa shape index (κ3) is 2.10. The van der Waals surface area contributed by atoms with Gasteiger partial charge in [0, 0.05) is 5.92 Å². The summed E-state index contributed by atoms with van der Waals surface area (Å²) in [6.07, 6.45) is 2.47. The third-order valence-corrected chi connectivity index (χ3v) is 7.17. The Bertz CT molecular complexity index is 699. The van der Waals surface area contributed by atoms with Crippen molar-refractivity contribution in [1.82, 2.24) is 0 Å². The minimum Gasteiger partial charge on any atom is -0.0619 e. The van der Waals surface area contributed by atoms with E-state index in [0.29, 0.717) is 17.3 Å². The van der Waals surface area contributed by atoms with Gasteiger partial charge >= 0.3 is 0 Å². The van der Waals surface area contributed by atoms with Crippen LogP contribution < -0.4 is 0 Å². The monoisotopic (exact) mass is 310 g/mol. The van der Waals surface area contributed by atoms with Gasteiger partial charge in [0.05, 0.1) is 0 Å². The molecule has 0 amide bonds. The van der Waals surface area contributed by atoms with Crippen LogP contribution >= 0.6 is 0 Å². The summed E-state index contributed by atoms with van der Waals surface area (Å²) in [6.45, 7) is 21.7. The van der Waals surface area contributed by atoms with Gasteiger partial charge in [-0.3, -0.25) is 0 Å². The summed E-state index contributed by atoms with van der Waals surface area (Å²) < 4.78 is 0. The highest BCUT2D eigenvalue weighted by atomic mass is 14.5. The second-order valence-electron chi connectivity index (χ2n) is 8.90. The maximum Gasteiger partial charge on any atom is 0.00401 e. The molecule has 2 aliphatic rings. The van der Waals surface area contributed by atoms with Gasteiger partial charge in [-0.1, -0.05) is 47.1 Å². The fraction of sp³-hybridized carbons (Fsp3) is 0.652. The van der Waals surface area contributed by atoms with Crippen LogP contribution in [0.25, 0.3) is 5.57 Å². The smallest absolute Gasteiger partial charge is 0.00401 e. The van der Waals surface area contributed by atoms with Crippen LogP contribution in [0.5, 0.6) is 0 Å². The summed E-state index contributed by atoms with van der Waals surface area (Å²) in [5.41, 5.74) is 13.3. The van der Waals surface area contributed by atoms with Crippen molar-refractivity contribution in [1.29, 1.82) is 0 Å². The summed E-state index contributed by atoms with van der Waals surface area (Å²) in [7, 11) is 0. The first-order chi connectivity index (χ1) is 10.6. The highest BCUT2D eigenvalue weighted by Crippen LogP contribution is 2.60. The lowest BCUT2D eigenvalue weighted by atomic mass is 9.63. The first-order valence-electron chi connectivity index (χ1n) is 9.50. The Morgan fingerprint density at radius 2 is 1.57 bits per heavy atom. The minimum atomic E-state index is 0.332. The van der Waals surface area contributed by atoms with Gasteiger partial charge < -0.3 is 0 Å². The van der Waals surface area contributed by atoms with Crippen LogP contribution in [0.15, 0.2) is 5.57 Å². The molecule has 0 nitrogen and oxygen atoms in total. The van der Waals surface area contributed by atoms with E-state index in [-0.39, 0.29) is 0 Å². The van der Waals surface area contributed by atoms with Crippen LogP contribution in [0.2, 0.25) is 0 Å². The molecule has 3 unspecified atom stereocenters. The zero-order chi connectivity index (χ0) is 17.3. The van der Waals surface area contributed by atoms with Crippen molar-refractivity contribution in [2.24, 2.45) is 17.3 Å². The predicted molar refractivity (Wildman–Crippen MR) is 102 cm³/mol. The lowest BCUT2D eigenvalue weighted by Crippen LogP contribution is -2.29. The van der Waals surface area contributed by atoms with Gasteiger partial charge in [0.1, 0.15) is 0 Å². The summed E-state index contributed by atoms with van der Waals surface area (Å²) in [5.74, 6) is 2.05. The molecule has 0 N–H and O–H groups in total. The molecule has 0 heterocycles. The molecule has 0 heteroatoms. The van der Waals surface area contributed by atoms with E-state index in [9.17, 15) is 0 Å². The summed E-state index contributed by atoms with van der Waals surface area (Å²) in [6, 6.07) is 0. The molecule has 0 aliphatic heterocycles. The quantitative estimate of drug-likeness (QED) is 0.538. The van der Waals surface area contributed by atoms with Crippen LogP contribution in [0, 0.1) is 38.0 Å². The molecule has 0 bridgehead atoms. The van der Waals surface area contributed by atoms with Gasteiger partial charge in [-0.2, -0.15) is 0 Å². The Morgan fingerprint density at radius 3 is 2.13 bits per heavy atom. The first-order valence-corrected chi connectivity index (χ1v) is 9.50. The van der Waals surface area contributed by atoms with E-state index in [1.807, 2.05) is 0 Å². The van der Waals surface area contributed by atoms with Crippen LogP contribution in [0.1, 0.15) is 87.3 Å². The normalized spacial score (nSPS) is 28.8. The van der Waals surface area contributed by atoms with Gasteiger partial charge in [0.15, 0.2) is 0 Å². The topological polar surface area (TPSA) is 0 Å². The molecule has 23 heavy (non-hydrogen) atoms. The second kappa shape index (κ2) is 5.23. The van der Waals surface area contributed by atoms with Gasteiger partial charge in [0.2, 0.25) is 0 Å². The van der Waals surface area contributed by atoms with Crippen molar-refractivity contribution in [2.75, 3.05) is 0 Å². The first kappa shape index (κ1) is 16.8. The molecule has 0 fully saturated rings. The molecule has 0 radical (unpaired) electrons. The highest BCUT2D eigenvalue weighted by molar-refractivity contribution is 5.85. The van der Waals surface area contributed by atoms with E-state index < -0.39 is 0 Å². The summed E-state index contributed by atoms with van der Waals surface area (Å²) in [4.78, 5) is 0. The van der Waals surface area contributed by atoms with Crippen LogP contribution in [0.4, 0.5) is 0 Å². The molecule has 0 aromatic heterocycles. The number of rotatable bonds is 1. The van der Waals surface area contributed by atoms with Crippen molar-refractivity contribution in [2.45, 2.75) is 81.1 Å². The Labute approximate surface area is 143 Å². The standard InChI is InChI=1S/C23H34/c1-10-18-14(4)15(5)19-17(7)22-21(20(19)16(18)6)13(3)12(2)11-23(22,8)9/h12-13,17H,10-11H2,1-9H3. The van der Waals surface area contributed by atoms with Crippen LogP contribution in [-0.4, -0.2) is 0 Å². The van der Waals surface area contributed by atoms with Crippen LogP contribution in [-0.2, 0) is 6.42 Å². The van der Waals surface area contributed by atoms with Crippen LogP contribution in [0.3, 0.4) is 0 Å². The molecule has 0 saturated heterocycles. The molecule has 1 aromatic carbocycles. The van der Waals surface area contributed by atoms with Crippen molar-refractivity contribution < 1.29 is 0 Å². The molecule has 3 rings (SSSR count). The van der Waals surface area contributed by atoms with E-state index in [2.05, 4.69) is 62.3 Å². The number of hydrogen-bond acceptors (Lipinski definition) is 0. The number of benzene rings is 1. The van der Waals surface area contributed by atoms with E-state index >= 15 is 0 Å². The molecule has 126 valence electrons. The summed E-state index contributed by atoms with van der Waals surface area (Å²) >= 11 is 0. The average molecular weight is 311 g/mol. The largest absolute Gasteiger partial charge is 0.0619 e. The van der Waals surface area contributed by atoms with Gasteiger partial charge in [-0.05, 0) is 89.8 Å². The Kier molecular flexibility index (Phi) is 3.82. The molecular weight excluding hydrogens is 276 g/mol. The molecule has 2 aliphatic carbocycles. The van der Waals surface area contributed by atoms with Crippen molar-refractivity contribution in [3.8, 4) is 0 Å². The maximum atomic E-state index is 2.48. The zero-order valence-corrected chi connectivity index (χ0v) is 16.6. The average Bonchev–Trinajstić information content (AvgIpc) is 2.78. The zero-order valence-electron chi connectivity index (χ0n) is 16.6. The Hall–Kier alpha value is -1.04. The van der Waals surface area contributed by atoms with E-state index in [1.54, 1.807) is 39.0 Å². The lowest BCUT2D eigenvalue weighted by Gasteiger charge is -2.41. The molecule has 1 aromatic rings. The number of hydrogen-bond donors (Lipinski definition) is 0. The SMILES string of the molecule is CCc1c(C)c(C)c2c(c1C)C1=C(C2C)C(C)(C)CC(C)C1C. The molecule has 3 atom stereocenters. The molecule has 0 saturated carbocycles. The van der Waals surface area contributed by atoms with Gasteiger partial charge in [-0.25, -0.2) is 0 Å². The minimum absolute atomic E-state index is 0.332. The molecule has 0 spiro atoms. The fourth-order valence-electron chi connectivity index (χ4n) is 5.98. The Balaban J connectivity index is 2.39. The number of allylic oxidation sites excluding steroid dienone is 2. The van der Waals surface area contributed by atoms with E-state index in [1.165, 1.54) is 12.0 Å².